The Kier molecular flexibility index (Phi) is 4.96. The third kappa shape index (κ3) is 3.06. The van der Waals surface area contributed by atoms with E-state index in [1.165, 1.54) is 5.75 Å². The smallest absolute Gasteiger partial charge is 0.150 e. The van der Waals surface area contributed by atoms with E-state index in [0.29, 0.717) is 17.5 Å². The summed E-state index contributed by atoms with van der Waals surface area (Å²) in [6.45, 7) is 5.77. The van der Waals surface area contributed by atoms with Gasteiger partial charge >= 0.3 is 0 Å². The van der Waals surface area contributed by atoms with Crippen LogP contribution in [0.25, 0.3) is 0 Å². The molecule has 0 aromatic carbocycles. The second kappa shape index (κ2) is 5.76. The number of rotatable bonds is 4. The van der Waals surface area contributed by atoms with Gasteiger partial charge in [0.15, 0.2) is 5.78 Å². The van der Waals surface area contributed by atoms with E-state index in [-0.39, 0.29) is 5.25 Å². The van der Waals surface area contributed by atoms with Gasteiger partial charge < -0.3 is 0 Å². The van der Waals surface area contributed by atoms with Crippen LogP contribution in [0.1, 0.15) is 19.8 Å². The van der Waals surface area contributed by atoms with Crippen molar-refractivity contribution in [3.63, 3.8) is 0 Å². The number of allylic oxidation sites excluding steroid dienone is 1. The van der Waals surface area contributed by atoms with Gasteiger partial charge in [-0.05, 0) is 6.42 Å². The molecule has 0 N–H and O–H groups in total. The molecule has 2 atom stereocenters. The van der Waals surface area contributed by atoms with Gasteiger partial charge in [-0.2, -0.15) is 11.8 Å². The van der Waals surface area contributed by atoms with E-state index < -0.39 is 0 Å². The molecule has 1 heterocycles. The van der Waals surface area contributed by atoms with Crippen LogP contribution in [-0.4, -0.2) is 27.8 Å². The van der Waals surface area contributed by atoms with Gasteiger partial charge in [0.05, 0.1) is 5.25 Å². The summed E-state index contributed by atoms with van der Waals surface area (Å²) in [6, 6.07) is 0. The molecule has 1 aliphatic rings. The molecule has 74 valence electrons. The van der Waals surface area contributed by atoms with Crippen LogP contribution >= 0.6 is 23.5 Å². The Bertz CT molecular complexity index is 191. The van der Waals surface area contributed by atoms with E-state index in [1.807, 2.05) is 23.5 Å². The minimum atomic E-state index is 0.224. The van der Waals surface area contributed by atoms with Gasteiger partial charge in [0.25, 0.3) is 0 Å². The normalized spacial score (nSPS) is 28.4. The second-order valence-electron chi connectivity index (χ2n) is 3.07. The molecule has 0 spiro atoms. The minimum Gasteiger partial charge on any atom is -0.298 e. The fourth-order valence-corrected chi connectivity index (χ4v) is 4.51. The number of hydrogen-bond acceptors (Lipinski definition) is 3. The zero-order chi connectivity index (χ0) is 9.68. The number of carbonyl (C=O) groups is 1. The van der Waals surface area contributed by atoms with Gasteiger partial charge in [-0.1, -0.05) is 13.0 Å². The third-order valence-corrected chi connectivity index (χ3v) is 5.41. The molecular weight excluding hydrogens is 200 g/mol. The topological polar surface area (TPSA) is 17.1 Å². The average Bonchev–Trinajstić information content (AvgIpc) is 2.18. The predicted molar refractivity (Wildman–Crippen MR) is 62.6 cm³/mol. The molecule has 0 aromatic heterocycles. The standard InChI is InChI=1S/C10H16OS2/c1-3-5-8(11)10-9(4-2)12-6-7-13-10/h3,9-10H,1,4-7H2,2H3. The third-order valence-electron chi connectivity index (χ3n) is 2.12. The zero-order valence-corrected chi connectivity index (χ0v) is 9.63. The van der Waals surface area contributed by atoms with Crippen molar-refractivity contribution in [1.29, 1.82) is 0 Å². The van der Waals surface area contributed by atoms with E-state index >= 15 is 0 Å². The lowest BCUT2D eigenvalue weighted by Gasteiger charge is -2.28. The van der Waals surface area contributed by atoms with Crippen LogP contribution < -0.4 is 0 Å². The van der Waals surface area contributed by atoms with Crippen molar-refractivity contribution >= 4 is 29.3 Å². The lowest BCUT2D eigenvalue weighted by atomic mass is 10.1. The summed E-state index contributed by atoms with van der Waals surface area (Å²) in [5, 5.41) is 0.757. The number of thioether (sulfide) groups is 2. The average molecular weight is 216 g/mol. The lowest BCUT2D eigenvalue weighted by Crippen LogP contribution is -2.32. The molecule has 0 radical (unpaired) electrons. The van der Waals surface area contributed by atoms with Crippen molar-refractivity contribution in [2.45, 2.75) is 30.3 Å². The molecule has 0 amide bonds. The SMILES string of the molecule is C=CCC(=O)C1SCCSC1CC. The first-order valence-electron chi connectivity index (χ1n) is 4.66. The first-order valence-corrected chi connectivity index (χ1v) is 6.76. The second-order valence-corrected chi connectivity index (χ2v) is 5.66. The van der Waals surface area contributed by atoms with Gasteiger partial charge in [0, 0.05) is 23.2 Å². The fraction of sp³-hybridized carbons (Fsp3) is 0.700. The Labute approximate surface area is 88.7 Å². The molecule has 2 unspecified atom stereocenters. The molecule has 0 aliphatic carbocycles. The van der Waals surface area contributed by atoms with Crippen LogP contribution in [0, 0.1) is 0 Å². The number of carbonyl (C=O) groups excluding carboxylic acids is 1. The summed E-state index contributed by atoms with van der Waals surface area (Å²) in [5.41, 5.74) is 0. The molecule has 3 heteroatoms. The van der Waals surface area contributed by atoms with E-state index in [2.05, 4.69) is 13.5 Å². The summed E-state index contributed by atoms with van der Waals surface area (Å²) < 4.78 is 0. The predicted octanol–water partition coefficient (Wildman–Crippen LogP) is 2.76. The summed E-state index contributed by atoms with van der Waals surface area (Å²) in [6.07, 6.45) is 3.36. The van der Waals surface area contributed by atoms with Gasteiger partial charge in [-0.25, -0.2) is 0 Å². The largest absolute Gasteiger partial charge is 0.298 e. The number of ketones is 1. The maximum Gasteiger partial charge on any atom is 0.150 e. The monoisotopic (exact) mass is 216 g/mol. The van der Waals surface area contributed by atoms with Gasteiger partial charge in [-0.15, -0.1) is 18.3 Å². The maximum atomic E-state index is 11.7. The Balaban J connectivity index is 2.52. The Hall–Kier alpha value is 0.110. The fourth-order valence-electron chi connectivity index (χ4n) is 1.46. The highest BCUT2D eigenvalue weighted by Gasteiger charge is 2.29. The van der Waals surface area contributed by atoms with Crippen molar-refractivity contribution in [2.75, 3.05) is 11.5 Å². The van der Waals surface area contributed by atoms with Crippen molar-refractivity contribution in [1.82, 2.24) is 0 Å². The summed E-state index contributed by atoms with van der Waals surface area (Å²) in [5.74, 6) is 2.68. The zero-order valence-electron chi connectivity index (χ0n) is 7.99. The number of hydrogen-bond donors (Lipinski definition) is 0. The molecule has 1 aliphatic heterocycles. The molecule has 0 bridgehead atoms. The van der Waals surface area contributed by atoms with Crippen molar-refractivity contribution in [3.8, 4) is 0 Å². The highest BCUT2D eigenvalue weighted by Crippen LogP contribution is 2.34. The Morgan fingerprint density at radius 1 is 1.54 bits per heavy atom. The maximum absolute atomic E-state index is 11.7. The molecular formula is C10H16OS2. The van der Waals surface area contributed by atoms with Crippen LogP contribution in [-0.2, 0) is 4.79 Å². The molecule has 1 fully saturated rings. The quantitative estimate of drug-likeness (QED) is 0.673. The molecule has 1 rings (SSSR count). The van der Waals surface area contributed by atoms with Crippen LogP contribution in [0.2, 0.25) is 0 Å². The van der Waals surface area contributed by atoms with Gasteiger partial charge in [-0.3, -0.25) is 4.79 Å². The van der Waals surface area contributed by atoms with E-state index in [0.717, 1.165) is 12.2 Å². The molecule has 1 nitrogen and oxygen atoms in total. The van der Waals surface area contributed by atoms with Crippen LogP contribution in [0.4, 0.5) is 0 Å². The minimum absolute atomic E-state index is 0.224. The Morgan fingerprint density at radius 3 is 2.85 bits per heavy atom. The molecule has 1 saturated heterocycles. The van der Waals surface area contributed by atoms with E-state index in [1.54, 1.807) is 6.08 Å². The highest BCUT2D eigenvalue weighted by molar-refractivity contribution is 8.07. The van der Waals surface area contributed by atoms with Crippen molar-refractivity contribution in [2.24, 2.45) is 0 Å². The van der Waals surface area contributed by atoms with Crippen LogP contribution in [0.15, 0.2) is 12.7 Å². The highest BCUT2D eigenvalue weighted by atomic mass is 32.2. The van der Waals surface area contributed by atoms with Crippen LogP contribution in [0.3, 0.4) is 0 Å². The molecule has 13 heavy (non-hydrogen) atoms. The molecule has 0 aromatic rings. The summed E-state index contributed by atoms with van der Waals surface area (Å²) in [4.78, 5) is 11.7. The van der Waals surface area contributed by atoms with Gasteiger partial charge in [0.1, 0.15) is 0 Å². The first kappa shape index (κ1) is 11.2. The summed E-state index contributed by atoms with van der Waals surface area (Å²) in [7, 11) is 0. The van der Waals surface area contributed by atoms with Crippen molar-refractivity contribution in [3.05, 3.63) is 12.7 Å². The van der Waals surface area contributed by atoms with Gasteiger partial charge in [0.2, 0.25) is 0 Å². The molecule has 0 saturated carbocycles. The first-order chi connectivity index (χ1) is 6.29. The number of Topliss-reactive ketones (excluding diaryl/α,β-unsaturated/α-hetero) is 1. The van der Waals surface area contributed by atoms with E-state index in [9.17, 15) is 4.79 Å². The Morgan fingerprint density at radius 2 is 2.23 bits per heavy atom. The van der Waals surface area contributed by atoms with Crippen molar-refractivity contribution < 1.29 is 4.79 Å². The van der Waals surface area contributed by atoms with Crippen LogP contribution in [0.5, 0.6) is 0 Å². The van der Waals surface area contributed by atoms with E-state index in [4.69, 9.17) is 0 Å². The lowest BCUT2D eigenvalue weighted by molar-refractivity contribution is -0.117. The summed E-state index contributed by atoms with van der Waals surface area (Å²) >= 11 is 3.78.